The second-order valence-electron chi connectivity index (χ2n) is 3.41. The lowest BCUT2D eigenvalue weighted by molar-refractivity contribution is -0.397. The lowest BCUT2D eigenvalue weighted by Gasteiger charge is -2.08. The molecule has 0 aromatic carbocycles. The average Bonchev–Trinajstić information content (AvgIpc) is 2.16. The van der Waals surface area contributed by atoms with Crippen LogP contribution in [0, 0.1) is 20.2 Å². The first-order chi connectivity index (χ1) is 7.34. The minimum absolute atomic E-state index is 0.210. The number of hydrogen-bond acceptors (Lipinski definition) is 5. The Morgan fingerprint density at radius 2 is 1.50 bits per heavy atom. The van der Waals surface area contributed by atoms with Crippen molar-refractivity contribution < 1.29 is 9.85 Å². The second-order valence-corrected chi connectivity index (χ2v) is 3.41. The molecule has 0 saturated carbocycles. The molecule has 0 radical (unpaired) electrons. The van der Waals surface area contributed by atoms with Crippen molar-refractivity contribution in [3.63, 3.8) is 0 Å². The lowest BCUT2D eigenvalue weighted by atomic mass is 10.3. The van der Waals surface area contributed by atoms with E-state index in [1.54, 1.807) is 13.8 Å². The first-order valence-corrected chi connectivity index (χ1v) is 4.39. The first kappa shape index (κ1) is 11.8. The highest BCUT2D eigenvalue weighted by molar-refractivity contribution is 5.39. The summed E-state index contributed by atoms with van der Waals surface area (Å²) in [6, 6.07) is -0.210. The van der Waals surface area contributed by atoms with Crippen LogP contribution in [0.25, 0.3) is 0 Å². The molecular formula is C8H9N3O5. The van der Waals surface area contributed by atoms with E-state index in [0.717, 1.165) is 12.4 Å². The van der Waals surface area contributed by atoms with Gasteiger partial charge in [0.2, 0.25) is 0 Å². The largest absolute Gasteiger partial charge is 0.339 e. The van der Waals surface area contributed by atoms with Crippen LogP contribution < -0.4 is 5.43 Å². The van der Waals surface area contributed by atoms with Gasteiger partial charge in [0.25, 0.3) is 0 Å². The molecule has 0 aliphatic carbocycles. The Bertz CT molecular complexity index is 467. The summed E-state index contributed by atoms with van der Waals surface area (Å²) in [6.45, 7) is 3.38. The predicted molar refractivity (Wildman–Crippen MR) is 54.4 cm³/mol. The fraction of sp³-hybridized carbons (Fsp3) is 0.375. The molecule has 1 heterocycles. The smallest absolute Gasteiger partial charge is 0.339 e. The van der Waals surface area contributed by atoms with E-state index in [4.69, 9.17) is 0 Å². The zero-order valence-electron chi connectivity index (χ0n) is 8.61. The van der Waals surface area contributed by atoms with Gasteiger partial charge in [-0.25, -0.2) is 0 Å². The maximum Gasteiger partial charge on any atom is 0.339 e. The van der Waals surface area contributed by atoms with Gasteiger partial charge in [-0.15, -0.1) is 0 Å². The third-order valence-corrected chi connectivity index (χ3v) is 2.00. The molecule has 0 bridgehead atoms. The third kappa shape index (κ3) is 2.05. The molecular weight excluding hydrogens is 218 g/mol. The molecule has 16 heavy (non-hydrogen) atoms. The van der Waals surface area contributed by atoms with Crippen molar-refractivity contribution in [2.24, 2.45) is 0 Å². The van der Waals surface area contributed by atoms with E-state index in [-0.39, 0.29) is 6.04 Å². The standard InChI is InChI=1S/C8H9N3O5/c1-5(2)9-3-6(10(13)14)8(12)7(4-9)11(15)16/h3-5H,1-2H3. The third-order valence-electron chi connectivity index (χ3n) is 2.00. The number of pyridine rings is 1. The molecule has 0 N–H and O–H groups in total. The fourth-order valence-electron chi connectivity index (χ4n) is 1.13. The summed E-state index contributed by atoms with van der Waals surface area (Å²) < 4.78 is 1.26. The van der Waals surface area contributed by atoms with Crippen LogP contribution in [-0.4, -0.2) is 14.4 Å². The van der Waals surface area contributed by atoms with Crippen LogP contribution in [0.5, 0.6) is 0 Å². The van der Waals surface area contributed by atoms with Crippen molar-refractivity contribution in [1.82, 2.24) is 4.57 Å². The van der Waals surface area contributed by atoms with Gasteiger partial charge in [0.05, 0.1) is 22.2 Å². The molecule has 0 saturated heterocycles. The van der Waals surface area contributed by atoms with E-state index in [9.17, 15) is 25.0 Å². The molecule has 1 aromatic rings. The van der Waals surface area contributed by atoms with Crippen LogP contribution >= 0.6 is 0 Å². The van der Waals surface area contributed by atoms with Gasteiger partial charge in [-0.1, -0.05) is 0 Å². The number of hydrogen-bond donors (Lipinski definition) is 0. The van der Waals surface area contributed by atoms with E-state index in [1.807, 2.05) is 0 Å². The van der Waals surface area contributed by atoms with Crippen LogP contribution in [0.3, 0.4) is 0 Å². The molecule has 1 aromatic heterocycles. The summed E-state index contributed by atoms with van der Waals surface area (Å²) in [6.07, 6.45) is 2.00. The van der Waals surface area contributed by atoms with Crippen LogP contribution in [-0.2, 0) is 0 Å². The molecule has 86 valence electrons. The quantitative estimate of drug-likeness (QED) is 0.570. The van der Waals surface area contributed by atoms with Gasteiger partial charge in [0, 0.05) is 6.04 Å². The molecule has 0 aliphatic rings. The summed E-state index contributed by atoms with van der Waals surface area (Å²) in [4.78, 5) is 30.6. The van der Waals surface area contributed by atoms with E-state index in [0.29, 0.717) is 0 Å². The van der Waals surface area contributed by atoms with Gasteiger partial charge in [-0.3, -0.25) is 25.0 Å². The van der Waals surface area contributed by atoms with Crippen molar-refractivity contribution in [2.75, 3.05) is 0 Å². The van der Waals surface area contributed by atoms with Gasteiger partial charge in [-0.2, -0.15) is 0 Å². The topological polar surface area (TPSA) is 108 Å². The van der Waals surface area contributed by atoms with Crippen molar-refractivity contribution in [1.29, 1.82) is 0 Å². The Kier molecular flexibility index (Phi) is 3.02. The molecule has 0 spiro atoms. The molecule has 0 aliphatic heterocycles. The molecule has 1 rings (SSSR count). The Morgan fingerprint density at radius 3 is 1.75 bits per heavy atom. The van der Waals surface area contributed by atoms with Crippen LogP contribution in [0.2, 0.25) is 0 Å². The Hall–Kier alpha value is -2.25. The molecule has 0 fully saturated rings. The van der Waals surface area contributed by atoms with E-state index >= 15 is 0 Å². The summed E-state index contributed by atoms with van der Waals surface area (Å²) in [5, 5.41) is 21.1. The highest BCUT2D eigenvalue weighted by Gasteiger charge is 2.24. The summed E-state index contributed by atoms with van der Waals surface area (Å²) in [7, 11) is 0. The van der Waals surface area contributed by atoms with Crippen molar-refractivity contribution in [3.05, 3.63) is 42.8 Å². The lowest BCUT2D eigenvalue weighted by Crippen LogP contribution is -2.16. The van der Waals surface area contributed by atoms with Gasteiger partial charge < -0.3 is 4.57 Å². The number of nitrogens with zero attached hydrogens (tertiary/aromatic N) is 3. The molecule has 8 heteroatoms. The normalized spacial score (nSPS) is 10.4. The van der Waals surface area contributed by atoms with Crippen molar-refractivity contribution in [3.8, 4) is 0 Å². The Balaban J connectivity index is 3.58. The van der Waals surface area contributed by atoms with Gasteiger partial charge in [-0.05, 0) is 13.8 Å². The molecule has 8 nitrogen and oxygen atoms in total. The number of rotatable bonds is 3. The van der Waals surface area contributed by atoms with Gasteiger partial charge in [0.1, 0.15) is 0 Å². The van der Waals surface area contributed by atoms with Gasteiger partial charge in [0.15, 0.2) is 0 Å². The van der Waals surface area contributed by atoms with Crippen molar-refractivity contribution in [2.45, 2.75) is 19.9 Å². The first-order valence-electron chi connectivity index (χ1n) is 4.39. The van der Waals surface area contributed by atoms with Crippen LogP contribution in [0.1, 0.15) is 19.9 Å². The van der Waals surface area contributed by atoms with Gasteiger partial charge >= 0.3 is 16.8 Å². The summed E-state index contributed by atoms with van der Waals surface area (Å²) in [5.41, 5.74) is -2.75. The summed E-state index contributed by atoms with van der Waals surface area (Å²) >= 11 is 0. The minimum atomic E-state index is -1.17. The zero-order chi connectivity index (χ0) is 12.5. The zero-order valence-corrected chi connectivity index (χ0v) is 8.61. The number of nitro groups is 2. The Morgan fingerprint density at radius 1 is 1.12 bits per heavy atom. The van der Waals surface area contributed by atoms with Crippen molar-refractivity contribution >= 4 is 11.4 Å². The average molecular weight is 227 g/mol. The monoisotopic (exact) mass is 227 g/mol. The number of aromatic nitrogens is 1. The van der Waals surface area contributed by atoms with E-state index < -0.39 is 26.7 Å². The van der Waals surface area contributed by atoms with E-state index in [2.05, 4.69) is 0 Å². The molecule has 0 unspecified atom stereocenters. The second kappa shape index (κ2) is 4.09. The Labute approximate surface area is 89.4 Å². The molecule has 0 amide bonds. The van der Waals surface area contributed by atoms with Crippen LogP contribution in [0.4, 0.5) is 11.4 Å². The highest BCUT2D eigenvalue weighted by Crippen LogP contribution is 2.15. The fourth-order valence-corrected chi connectivity index (χ4v) is 1.13. The summed E-state index contributed by atoms with van der Waals surface area (Å²) in [5.74, 6) is 0. The maximum atomic E-state index is 11.3. The maximum absolute atomic E-state index is 11.3. The molecule has 0 atom stereocenters. The van der Waals surface area contributed by atoms with E-state index in [1.165, 1.54) is 4.57 Å². The predicted octanol–water partition coefficient (Wildman–Crippen LogP) is 1.25. The van der Waals surface area contributed by atoms with Crippen LogP contribution in [0.15, 0.2) is 17.2 Å². The SMILES string of the molecule is CC(C)n1cc([N+](=O)[O-])c(=O)c([N+](=O)[O-])c1. The highest BCUT2D eigenvalue weighted by atomic mass is 16.6. The minimum Gasteiger partial charge on any atom is -0.339 e.